The number of hydrogen-bond acceptors (Lipinski definition) is 4. The van der Waals surface area contributed by atoms with Crippen molar-refractivity contribution in [2.75, 3.05) is 24.4 Å². The molecule has 0 unspecified atom stereocenters. The molecule has 0 spiro atoms. The van der Waals surface area contributed by atoms with Crippen LogP contribution in [0.25, 0.3) is 0 Å². The maximum Gasteiger partial charge on any atom is 0.257 e. The normalized spacial score (nSPS) is 10.1. The largest absolute Gasteiger partial charge is 0.375 e. The van der Waals surface area contributed by atoms with Crippen LogP contribution in [0.5, 0.6) is 0 Å². The Bertz CT molecular complexity index is 669. The zero-order valence-corrected chi connectivity index (χ0v) is 12.4. The van der Waals surface area contributed by atoms with Crippen LogP contribution in [0, 0.1) is 6.92 Å². The second kappa shape index (κ2) is 7.33. The van der Waals surface area contributed by atoms with E-state index < -0.39 is 0 Å². The van der Waals surface area contributed by atoms with Gasteiger partial charge in [-0.1, -0.05) is 0 Å². The Labute approximate surface area is 128 Å². The summed E-state index contributed by atoms with van der Waals surface area (Å²) in [4.78, 5) is 27.5. The van der Waals surface area contributed by atoms with Crippen LogP contribution in [0.2, 0.25) is 0 Å². The van der Waals surface area contributed by atoms with Gasteiger partial charge >= 0.3 is 0 Å². The lowest BCUT2D eigenvalue weighted by Crippen LogP contribution is -2.17. The van der Waals surface area contributed by atoms with E-state index in [1.165, 1.54) is 13.3 Å². The molecule has 2 amide bonds. The molecule has 2 N–H and O–H groups in total. The molecule has 22 heavy (non-hydrogen) atoms. The summed E-state index contributed by atoms with van der Waals surface area (Å²) in [6.07, 6.45) is 3.17. The van der Waals surface area contributed by atoms with Gasteiger partial charge in [-0.25, -0.2) is 0 Å². The molecule has 0 aliphatic rings. The molecule has 1 aromatic heterocycles. The Hall–Kier alpha value is -2.73. The molecule has 1 aromatic carbocycles. The number of ether oxygens (including phenoxy) is 1. The van der Waals surface area contributed by atoms with E-state index in [9.17, 15) is 9.59 Å². The average molecular weight is 299 g/mol. The number of carbonyl (C=O) groups excluding carboxylic acids is 2. The van der Waals surface area contributed by atoms with Gasteiger partial charge in [0, 0.05) is 30.9 Å². The second-order valence-corrected chi connectivity index (χ2v) is 4.70. The number of nitrogens with zero attached hydrogens (tertiary/aromatic N) is 1. The van der Waals surface area contributed by atoms with Crippen molar-refractivity contribution in [2.45, 2.75) is 6.92 Å². The van der Waals surface area contributed by atoms with Gasteiger partial charge in [-0.15, -0.1) is 0 Å². The van der Waals surface area contributed by atoms with Gasteiger partial charge < -0.3 is 15.4 Å². The standard InChI is InChI=1S/C16H17N3O3/c1-11-7-8-17-9-14(11)16(21)19-13-5-3-12(4-6-13)18-15(20)10-22-2/h3-9H,10H2,1-2H3,(H,18,20)(H,19,21). The molecule has 0 saturated heterocycles. The van der Waals surface area contributed by atoms with Gasteiger partial charge in [0.15, 0.2) is 0 Å². The van der Waals surface area contributed by atoms with Crippen LogP contribution in [0.15, 0.2) is 42.7 Å². The van der Waals surface area contributed by atoms with E-state index in [0.29, 0.717) is 16.9 Å². The van der Waals surface area contributed by atoms with Crippen molar-refractivity contribution in [3.05, 3.63) is 53.9 Å². The van der Waals surface area contributed by atoms with E-state index in [2.05, 4.69) is 15.6 Å². The number of rotatable bonds is 5. The highest BCUT2D eigenvalue weighted by atomic mass is 16.5. The van der Waals surface area contributed by atoms with E-state index in [-0.39, 0.29) is 18.4 Å². The SMILES string of the molecule is COCC(=O)Nc1ccc(NC(=O)c2cnccc2C)cc1. The second-order valence-electron chi connectivity index (χ2n) is 4.70. The van der Waals surface area contributed by atoms with Crippen molar-refractivity contribution in [1.82, 2.24) is 4.98 Å². The molecule has 1 heterocycles. The molecule has 0 bridgehead atoms. The van der Waals surface area contributed by atoms with Crippen LogP contribution < -0.4 is 10.6 Å². The molecule has 0 atom stereocenters. The lowest BCUT2D eigenvalue weighted by Gasteiger charge is -2.08. The third-order valence-electron chi connectivity index (χ3n) is 2.99. The number of pyridine rings is 1. The predicted octanol–water partition coefficient (Wildman–Crippen LogP) is 2.23. The fourth-order valence-corrected chi connectivity index (χ4v) is 1.87. The van der Waals surface area contributed by atoms with Gasteiger partial charge in [0.2, 0.25) is 5.91 Å². The van der Waals surface area contributed by atoms with Crippen molar-refractivity contribution in [2.24, 2.45) is 0 Å². The van der Waals surface area contributed by atoms with Crippen molar-refractivity contribution in [3.63, 3.8) is 0 Å². The summed E-state index contributed by atoms with van der Waals surface area (Å²) in [5, 5.41) is 5.47. The monoisotopic (exact) mass is 299 g/mol. The fraction of sp³-hybridized carbons (Fsp3) is 0.188. The Balaban J connectivity index is 2.01. The smallest absolute Gasteiger partial charge is 0.257 e. The minimum absolute atomic E-state index is 0.00122. The Kier molecular flexibility index (Phi) is 5.21. The molecule has 2 rings (SSSR count). The topological polar surface area (TPSA) is 80.3 Å². The number of aromatic nitrogens is 1. The molecular formula is C16H17N3O3. The molecule has 0 fully saturated rings. The summed E-state index contributed by atoms with van der Waals surface area (Å²) in [6, 6.07) is 8.62. The minimum atomic E-state index is -0.231. The lowest BCUT2D eigenvalue weighted by atomic mass is 10.1. The fourth-order valence-electron chi connectivity index (χ4n) is 1.87. The van der Waals surface area contributed by atoms with Gasteiger partial charge in [0.25, 0.3) is 5.91 Å². The lowest BCUT2D eigenvalue weighted by molar-refractivity contribution is -0.119. The van der Waals surface area contributed by atoms with Crippen LogP contribution in [-0.4, -0.2) is 30.5 Å². The van der Waals surface area contributed by atoms with Crippen LogP contribution in [-0.2, 0) is 9.53 Å². The van der Waals surface area contributed by atoms with Gasteiger partial charge in [0.1, 0.15) is 6.61 Å². The number of amides is 2. The molecular weight excluding hydrogens is 282 g/mol. The van der Waals surface area contributed by atoms with Crippen LogP contribution >= 0.6 is 0 Å². The van der Waals surface area contributed by atoms with E-state index in [0.717, 1.165) is 5.56 Å². The first kappa shape index (κ1) is 15.7. The first-order valence-corrected chi connectivity index (χ1v) is 6.71. The molecule has 2 aromatic rings. The van der Waals surface area contributed by atoms with Crippen molar-refractivity contribution < 1.29 is 14.3 Å². The van der Waals surface area contributed by atoms with Crippen molar-refractivity contribution in [1.29, 1.82) is 0 Å². The molecule has 114 valence electrons. The highest BCUT2D eigenvalue weighted by Crippen LogP contribution is 2.15. The average Bonchev–Trinajstić information content (AvgIpc) is 2.50. The quantitative estimate of drug-likeness (QED) is 0.887. The van der Waals surface area contributed by atoms with Crippen LogP contribution in [0.1, 0.15) is 15.9 Å². The van der Waals surface area contributed by atoms with Gasteiger partial charge in [-0.2, -0.15) is 0 Å². The number of nitrogens with one attached hydrogen (secondary N) is 2. The first-order chi connectivity index (χ1) is 10.6. The number of hydrogen-bond donors (Lipinski definition) is 2. The molecule has 0 aliphatic carbocycles. The number of carbonyl (C=O) groups is 2. The first-order valence-electron chi connectivity index (χ1n) is 6.71. The van der Waals surface area contributed by atoms with E-state index >= 15 is 0 Å². The van der Waals surface area contributed by atoms with E-state index in [1.807, 2.05) is 6.92 Å². The molecule has 0 aliphatic heterocycles. The van der Waals surface area contributed by atoms with Gasteiger partial charge in [-0.05, 0) is 42.8 Å². The number of benzene rings is 1. The maximum atomic E-state index is 12.1. The maximum absolute atomic E-state index is 12.1. The Morgan fingerprint density at radius 2 is 1.73 bits per heavy atom. The van der Waals surface area contributed by atoms with E-state index in [1.54, 1.807) is 36.5 Å². The zero-order valence-electron chi connectivity index (χ0n) is 12.4. The Morgan fingerprint density at radius 3 is 2.32 bits per heavy atom. The number of aryl methyl sites for hydroxylation is 1. The van der Waals surface area contributed by atoms with E-state index in [4.69, 9.17) is 4.74 Å². The summed E-state index contributed by atoms with van der Waals surface area (Å²) < 4.78 is 4.74. The molecule has 6 heteroatoms. The van der Waals surface area contributed by atoms with Crippen molar-refractivity contribution >= 4 is 23.2 Å². The summed E-state index contributed by atoms with van der Waals surface area (Å²) in [6.45, 7) is 1.85. The highest BCUT2D eigenvalue weighted by Gasteiger charge is 2.09. The molecule has 0 saturated carbocycles. The van der Waals surface area contributed by atoms with Gasteiger partial charge in [0.05, 0.1) is 5.56 Å². The third kappa shape index (κ3) is 4.13. The summed E-state index contributed by atoms with van der Waals surface area (Å²) in [7, 11) is 1.46. The van der Waals surface area contributed by atoms with Crippen LogP contribution in [0.4, 0.5) is 11.4 Å². The predicted molar refractivity (Wildman–Crippen MR) is 83.9 cm³/mol. The van der Waals surface area contributed by atoms with Gasteiger partial charge in [-0.3, -0.25) is 14.6 Å². The number of methoxy groups -OCH3 is 1. The summed E-state index contributed by atoms with van der Waals surface area (Å²) in [5.74, 6) is -0.452. The number of anilines is 2. The molecule has 0 radical (unpaired) electrons. The molecule has 6 nitrogen and oxygen atoms in total. The van der Waals surface area contributed by atoms with Crippen LogP contribution in [0.3, 0.4) is 0 Å². The summed E-state index contributed by atoms with van der Waals surface area (Å²) in [5.41, 5.74) is 2.66. The minimum Gasteiger partial charge on any atom is -0.375 e. The van der Waals surface area contributed by atoms with Crippen molar-refractivity contribution in [3.8, 4) is 0 Å². The highest BCUT2D eigenvalue weighted by molar-refractivity contribution is 6.05. The Morgan fingerprint density at radius 1 is 1.09 bits per heavy atom. The third-order valence-corrected chi connectivity index (χ3v) is 2.99. The zero-order chi connectivity index (χ0) is 15.9. The summed E-state index contributed by atoms with van der Waals surface area (Å²) >= 11 is 0.